The van der Waals surface area contributed by atoms with E-state index in [1.807, 2.05) is 0 Å². The zero-order chi connectivity index (χ0) is 10.6. The molecule has 4 heteroatoms. The van der Waals surface area contributed by atoms with Gasteiger partial charge in [-0.15, -0.1) is 0 Å². The van der Waals surface area contributed by atoms with E-state index in [2.05, 4.69) is 4.74 Å². The monoisotopic (exact) mass is 212 g/mol. The second-order valence-corrected chi connectivity index (χ2v) is 4.34. The first-order chi connectivity index (χ1) is 6.63. The molecule has 0 aliphatic carbocycles. The molecule has 0 bridgehead atoms. The lowest BCUT2D eigenvalue weighted by molar-refractivity contribution is 0.0601. The highest BCUT2D eigenvalue weighted by Crippen LogP contribution is 2.08. The molecule has 0 amide bonds. The van der Waals surface area contributed by atoms with Crippen LogP contribution in [-0.2, 0) is 21.7 Å². The zero-order valence-electron chi connectivity index (χ0n) is 8.15. The normalized spacial score (nSPS) is 12.2. The quantitative estimate of drug-likeness (QED) is 0.561. The third-order valence-corrected chi connectivity index (χ3v) is 2.48. The Labute approximate surface area is 86.3 Å². The van der Waals surface area contributed by atoms with E-state index in [4.69, 9.17) is 0 Å². The largest absolute Gasteiger partial charge is 0.616 e. The van der Waals surface area contributed by atoms with Gasteiger partial charge in [-0.05, 0) is 12.1 Å². The van der Waals surface area contributed by atoms with Gasteiger partial charge in [0.25, 0.3) is 0 Å². The number of carbonyl (C=O) groups is 1. The van der Waals surface area contributed by atoms with Crippen molar-refractivity contribution in [2.75, 3.05) is 13.4 Å². The molecule has 1 rings (SSSR count). The second-order valence-electron chi connectivity index (χ2n) is 2.91. The molecule has 0 fully saturated rings. The average molecular weight is 212 g/mol. The van der Waals surface area contributed by atoms with Gasteiger partial charge < -0.3 is 9.29 Å². The number of carbonyl (C=O) groups excluding carboxylic acids is 1. The second kappa shape index (κ2) is 5.02. The fourth-order valence-electron chi connectivity index (χ4n) is 1.09. The molecule has 0 radical (unpaired) electrons. The number of methoxy groups -OCH3 is 1. The Morgan fingerprint density at radius 2 is 2.00 bits per heavy atom. The Bertz CT molecular complexity index is 306. The summed E-state index contributed by atoms with van der Waals surface area (Å²) in [5.41, 5.74) is 1.47. The van der Waals surface area contributed by atoms with Crippen LogP contribution in [-0.4, -0.2) is 23.9 Å². The summed E-state index contributed by atoms with van der Waals surface area (Å²) in [4.78, 5) is 11.1. The zero-order valence-corrected chi connectivity index (χ0v) is 8.97. The van der Waals surface area contributed by atoms with Crippen molar-refractivity contribution in [1.29, 1.82) is 0 Å². The van der Waals surface area contributed by atoms with Crippen LogP contribution >= 0.6 is 0 Å². The standard InChI is InChI=1S/C10H12O3S/c1-13-10(11)9-5-3-8(4-6-9)7-14(2)12/h3-6H,7H2,1-2H3. The molecule has 76 valence electrons. The molecule has 0 aliphatic rings. The maximum atomic E-state index is 11.1. The Hall–Kier alpha value is -1.00. The maximum Gasteiger partial charge on any atom is 0.337 e. The third kappa shape index (κ3) is 3.05. The van der Waals surface area contributed by atoms with Gasteiger partial charge in [0.15, 0.2) is 0 Å². The van der Waals surface area contributed by atoms with Gasteiger partial charge in [-0.3, -0.25) is 0 Å². The van der Waals surface area contributed by atoms with Gasteiger partial charge in [0, 0.05) is 5.56 Å². The molecule has 0 saturated carbocycles. The van der Waals surface area contributed by atoms with Gasteiger partial charge in [-0.25, -0.2) is 4.79 Å². The van der Waals surface area contributed by atoms with Crippen molar-refractivity contribution in [3.05, 3.63) is 35.4 Å². The molecule has 1 aromatic rings. The number of benzene rings is 1. The van der Waals surface area contributed by atoms with Crippen LogP contribution in [0.2, 0.25) is 0 Å². The first-order valence-corrected chi connectivity index (χ1v) is 5.83. The highest BCUT2D eigenvalue weighted by atomic mass is 32.2. The summed E-state index contributed by atoms with van der Waals surface area (Å²) < 4.78 is 15.5. The molecule has 3 nitrogen and oxygen atoms in total. The molecule has 0 aliphatic heterocycles. The highest BCUT2D eigenvalue weighted by Gasteiger charge is 2.05. The molecule has 1 aromatic carbocycles. The van der Waals surface area contributed by atoms with Crippen molar-refractivity contribution in [3.8, 4) is 0 Å². The first kappa shape index (κ1) is 11.1. The van der Waals surface area contributed by atoms with Crippen LogP contribution in [0.25, 0.3) is 0 Å². The van der Waals surface area contributed by atoms with Crippen LogP contribution < -0.4 is 0 Å². The predicted molar refractivity (Wildman–Crippen MR) is 55.6 cm³/mol. The van der Waals surface area contributed by atoms with Crippen molar-refractivity contribution in [2.45, 2.75) is 5.75 Å². The molecule has 0 heterocycles. The van der Waals surface area contributed by atoms with Crippen molar-refractivity contribution >= 4 is 17.1 Å². The van der Waals surface area contributed by atoms with Crippen LogP contribution in [0.1, 0.15) is 15.9 Å². The van der Waals surface area contributed by atoms with Crippen LogP contribution in [0.5, 0.6) is 0 Å². The van der Waals surface area contributed by atoms with Gasteiger partial charge in [0.05, 0.1) is 18.9 Å². The summed E-state index contributed by atoms with van der Waals surface area (Å²) in [5, 5.41) is 0. The number of esters is 1. The Morgan fingerprint density at radius 1 is 1.43 bits per heavy atom. The van der Waals surface area contributed by atoms with E-state index >= 15 is 0 Å². The van der Waals surface area contributed by atoms with Gasteiger partial charge in [-0.2, -0.15) is 0 Å². The Balaban J connectivity index is 2.73. The molecule has 0 N–H and O–H groups in total. The van der Waals surface area contributed by atoms with Crippen molar-refractivity contribution in [2.24, 2.45) is 0 Å². The molecule has 14 heavy (non-hydrogen) atoms. The molecule has 0 aromatic heterocycles. The molecular weight excluding hydrogens is 200 g/mol. The fraction of sp³-hybridized carbons (Fsp3) is 0.300. The minimum Gasteiger partial charge on any atom is -0.616 e. The van der Waals surface area contributed by atoms with Gasteiger partial charge in [0.1, 0.15) is 5.75 Å². The van der Waals surface area contributed by atoms with Crippen LogP contribution in [0.4, 0.5) is 0 Å². The number of rotatable bonds is 3. The topological polar surface area (TPSA) is 49.4 Å². The predicted octanol–water partition coefficient (Wildman–Crippen LogP) is 1.35. The van der Waals surface area contributed by atoms with Crippen LogP contribution in [0.3, 0.4) is 0 Å². The lowest BCUT2D eigenvalue weighted by Crippen LogP contribution is -2.03. The summed E-state index contributed by atoms with van der Waals surface area (Å²) >= 11 is -0.852. The highest BCUT2D eigenvalue weighted by molar-refractivity contribution is 7.89. The number of hydrogen-bond acceptors (Lipinski definition) is 3. The van der Waals surface area contributed by atoms with E-state index in [9.17, 15) is 9.35 Å². The van der Waals surface area contributed by atoms with Gasteiger partial charge in [0.2, 0.25) is 0 Å². The Morgan fingerprint density at radius 3 is 2.43 bits per heavy atom. The number of ether oxygens (including phenoxy) is 1. The first-order valence-electron chi connectivity index (χ1n) is 4.11. The van der Waals surface area contributed by atoms with Crippen molar-refractivity contribution in [1.82, 2.24) is 0 Å². The van der Waals surface area contributed by atoms with E-state index in [1.54, 1.807) is 30.5 Å². The SMILES string of the molecule is COC(=O)c1ccc(C[S+](C)[O-])cc1. The summed E-state index contributed by atoms with van der Waals surface area (Å²) in [6, 6.07) is 6.92. The van der Waals surface area contributed by atoms with Crippen LogP contribution in [0, 0.1) is 0 Å². The van der Waals surface area contributed by atoms with E-state index < -0.39 is 11.2 Å². The molecular formula is C10H12O3S. The van der Waals surface area contributed by atoms with Crippen LogP contribution in [0.15, 0.2) is 24.3 Å². The molecule has 1 unspecified atom stereocenters. The smallest absolute Gasteiger partial charge is 0.337 e. The van der Waals surface area contributed by atoms with E-state index in [0.29, 0.717) is 11.3 Å². The lowest BCUT2D eigenvalue weighted by atomic mass is 10.1. The summed E-state index contributed by atoms with van der Waals surface area (Å²) in [6.45, 7) is 0. The summed E-state index contributed by atoms with van der Waals surface area (Å²) in [6.07, 6.45) is 1.65. The molecule has 1 atom stereocenters. The Kier molecular flexibility index (Phi) is 3.98. The van der Waals surface area contributed by atoms with Crippen molar-refractivity contribution in [3.63, 3.8) is 0 Å². The number of hydrogen-bond donors (Lipinski definition) is 0. The van der Waals surface area contributed by atoms with Crippen molar-refractivity contribution < 1.29 is 14.1 Å². The van der Waals surface area contributed by atoms with E-state index in [0.717, 1.165) is 5.56 Å². The fourth-order valence-corrected chi connectivity index (χ4v) is 1.75. The molecule has 0 spiro atoms. The third-order valence-electron chi connectivity index (χ3n) is 1.74. The van der Waals surface area contributed by atoms with E-state index in [-0.39, 0.29) is 5.97 Å². The van der Waals surface area contributed by atoms with E-state index in [1.165, 1.54) is 7.11 Å². The minimum absolute atomic E-state index is 0.353. The van der Waals surface area contributed by atoms with Gasteiger partial charge in [-0.1, -0.05) is 23.3 Å². The molecule has 0 saturated heterocycles. The summed E-state index contributed by atoms with van der Waals surface area (Å²) in [7, 11) is 1.34. The minimum atomic E-state index is -0.852. The lowest BCUT2D eigenvalue weighted by Gasteiger charge is -2.05. The summed E-state index contributed by atoms with van der Waals surface area (Å²) in [5.74, 6) is 0.163. The van der Waals surface area contributed by atoms with Gasteiger partial charge >= 0.3 is 5.97 Å². The average Bonchev–Trinajstić information content (AvgIpc) is 2.17. The maximum absolute atomic E-state index is 11.1.